The van der Waals surface area contributed by atoms with Gasteiger partial charge in [0.25, 0.3) is 0 Å². The third kappa shape index (κ3) is 3.79. The van der Waals surface area contributed by atoms with Gasteiger partial charge < -0.3 is 0 Å². The first-order valence-corrected chi connectivity index (χ1v) is 9.27. The van der Waals surface area contributed by atoms with Crippen molar-refractivity contribution in [3.8, 4) is 0 Å². The maximum atomic E-state index is 12.2. The number of thiazole rings is 1. The van der Waals surface area contributed by atoms with E-state index in [4.69, 9.17) is 11.6 Å². The fourth-order valence-corrected chi connectivity index (χ4v) is 4.44. The molecule has 1 aromatic carbocycles. The van der Waals surface area contributed by atoms with Crippen molar-refractivity contribution in [1.29, 1.82) is 0 Å². The van der Waals surface area contributed by atoms with E-state index in [1.807, 2.05) is 6.92 Å². The molecule has 0 amide bonds. The first-order chi connectivity index (χ1) is 9.42. The van der Waals surface area contributed by atoms with Crippen LogP contribution in [0.4, 0.5) is 0 Å². The third-order valence-electron chi connectivity index (χ3n) is 2.55. The summed E-state index contributed by atoms with van der Waals surface area (Å²) in [5.74, 6) is 0. The number of halogens is 2. The lowest BCUT2D eigenvalue weighted by atomic mass is 10.4. The van der Waals surface area contributed by atoms with Crippen LogP contribution in [0.15, 0.2) is 33.8 Å². The highest BCUT2D eigenvalue weighted by Crippen LogP contribution is 2.25. The molecule has 108 valence electrons. The molecule has 0 fully saturated rings. The molecule has 20 heavy (non-hydrogen) atoms. The highest BCUT2D eigenvalue weighted by atomic mass is 79.9. The van der Waals surface area contributed by atoms with Crippen molar-refractivity contribution in [1.82, 2.24) is 9.71 Å². The Bertz CT molecular complexity index is 716. The van der Waals surface area contributed by atoms with E-state index in [0.29, 0.717) is 0 Å². The number of aryl methyl sites for hydroxylation is 1. The number of rotatable bonds is 5. The Balaban J connectivity index is 2.14. The largest absolute Gasteiger partial charge is 0.248 e. The first kappa shape index (κ1) is 15.9. The molecule has 2 rings (SSSR count). The Hall–Kier alpha value is -0.470. The van der Waals surface area contributed by atoms with Gasteiger partial charge in [-0.25, -0.2) is 18.1 Å². The van der Waals surface area contributed by atoms with Crippen LogP contribution in [0.5, 0.6) is 0 Å². The van der Waals surface area contributed by atoms with Crippen LogP contribution >= 0.6 is 38.9 Å². The molecule has 0 atom stereocenters. The first-order valence-electron chi connectivity index (χ1n) is 5.80. The summed E-state index contributed by atoms with van der Waals surface area (Å²) in [5.41, 5.74) is 0. The molecule has 1 aromatic heterocycles. The molecule has 1 heterocycles. The van der Waals surface area contributed by atoms with Crippen molar-refractivity contribution in [2.24, 2.45) is 0 Å². The average molecular weight is 396 g/mol. The van der Waals surface area contributed by atoms with Crippen LogP contribution in [0.3, 0.4) is 0 Å². The topological polar surface area (TPSA) is 59.1 Å². The summed E-state index contributed by atoms with van der Waals surface area (Å²) < 4.78 is 27.6. The van der Waals surface area contributed by atoms with E-state index in [9.17, 15) is 8.42 Å². The molecule has 0 bridgehead atoms. The van der Waals surface area contributed by atoms with Crippen molar-refractivity contribution in [2.75, 3.05) is 0 Å². The average Bonchev–Trinajstić information content (AvgIpc) is 2.84. The molecule has 1 N–H and O–H groups in total. The minimum Gasteiger partial charge on any atom is -0.248 e. The number of hydrogen-bond donors (Lipinski definition) is 1. The van der Waals surface area contributed by atoms with Gasteiger partial charge in [0.15, 0.2) is 0 Å². The molecule has 0 aliphatic rings. The summed E-state index contributed by atoms with van der Waals surface area (Å²) in [6.07, 6.45) is 2.66. The molecule has 2 aromatic rings. The summed E-state index contributed by atoms with van der Waals surface area (Å²) in [5, 5.41) is 0.916. The Labute approximate surface area is 135 Å². The van der Waals surface area contributed by atoms with Crippen molar-refractivity contribution in [3.05, 3.63) is 43.8 Å². The second-order valence-corrected chi connectivity index (χ2v) is 8.23. The van der Waals surface area contributed by atoms with E-state index in [1.165, 1.54) is 17.4 Å². The normalized spacial score (nSPS) is 11.8. The lowest BCUT2D eigenvalue weighted by Gasteiger charge is -2.07. The van der Waals surface area contributed by atoms with E-state index in [2.05, 4.69) is 25.6 Å². The van der Waals surface area contributed by atoms with Gasteiger partial charge in [0.2, 0.25) is 10.0 Å². The molecule has 4 nitrogen and oxygen atoms in total. The van der Waals surface area contributed by atoms with Crippen molar-refractivity contribution in [3.63, 3.8) is 0 Å². The van der Waals surface area contributed by atoms with Gasteiger partial charge in [-0.05, 0) is 24.6 Å². The summed E-state index contributed by atoms with van der Waals surface area (Å²) in [6, 6.07) is 4.65. The van der Waals surface area contributed by atoms with Gasteiger partial charge >= 0.3 is 0 Å². The number of aromatic nitrogens is 1. The van der Waals surface area contributed by atoms with Gasteiger partial charge in [-0.3, -0.25) is 0 Å². The molecule has 0 aliphatic carbocycles. The zero-order valence-electron chi connectivity index (χ0n) is 10.6. The highest BCUT2D eigenvalue weighted by molar-refractivity contribution is 9.10. The van der Waals surface area contributed by atoms with Crippen molar-refractivity contribution in [2.45, 2.75) is 24.8 Å². The van der Waals surface area contributed by atoms with Crippen LogP contribution in [0.2, 0.25) is 5.02 Å². The zero-order chi connectivity index (χ0) is 14.8. The van der Waals surface area contributed by atoms with E-state index in [-0.39, 0.29) is 16.5 Å². The molecule has 0 unspecified atom stereocenters. The van der Waals surface area contributed by atoms with Crippen molar-refractivity contribution < 1.29 is 8.42 Å². The third-order valence-corrected chi connectivity index (χ3v) is 6.07. The van der Waals surface area contributed by atoms with Gasteiger partial charge in [0.1, 0.15) is 9.90 Å². The van der Waals surface area contributed by atoms with E-state index in [1.54, 1.807) is 18.3 Å². The molecule has 8 heteroatoms. The minimum absolute atomic E-state index is 0.0645. The monoisotopic (exact) mass is 394 g/mol. The molecule has 0 radical (unpaired) electrons. The van der Waals surface area contributed by atoms with Crippen LogP contribution in [0, 0.1) is 0 Å². The maximum Gasteiger partial charge on any atom is 0.242 e. The standard InChI is InChI=1S/C12H12BrClN2O2S2/c1-2-9-6-15-12(19-9)7-16-20(17,18)11-4-3-8(13)5-10(11)14/h3-6,16H,2,7H2,1H3. The van der Waals surface area contributed by atoms with Crippen LogP contribution in [0.25, 0.3) is 0 Å². The summed E-state index contributed by atoms with van der Waals surface area (Å²) in [7, 11) is -3.64. The highest BCUT2D eigenvalue weighted by Gasteiger charge is 2.18. The molecule has 0 spiro atoms. The van der Waals surface area contributed by atoms with Crippen LogP contribution in [0.1, 0.15) is 16.8 Å². The molecule has 0 saturated heterocycles. The van der Waals surface area contributed by atoms with Gasteiger partial charge in [-0.15, -0.1) is 11.3 Å². The number of hydrogen-bond acceptors (Lipinski definition) is 4. The Morgan fingerprint density at radius 3 is 2.80 bits per heavy atom. The number of nitrogens with one attached hydrogen (secondary N) is 1. The summed E-state index contributed by atoms with van der Waals surface area (Å²) in [4.78, 5) is 5.36. The number of nitrogens with zero attached hydrogens (tertiary/aromatic N) is 1. The lowest BCUT2D eigenvalue weighted by molar-refractivity contribution is 0.581. The lowest BCUT2D eigenvalue weighted by Crippen LogP contribution is -2.23. The predicted molar refractivity (Wildman–Crippen MR) is 84.7 cm³/mol. The van der Waals surface area contributed by atoms with Crippen LogP contribution < -0.4 is 4.72 Å². The smallest absolute Gasteiger partial charge is 0.242 e. The Morgan fingerprint density at radius 2 is 2.20 bits per heavy atom. The van der Waals surface area contributed by atoms with E-state index < -0.39 is 10.0 Å². The fourth-order valence-electron chi connectivity index (χ4n) is 1.52. The zero-order valence-corrected chi connectivity index (χ0v) is 14.5. The second kappa shape index (κ2) is 6.53. The molecule has 0 saturated carbocycles. The predicted octanol–water partition coefficient (Wildman–Crippen LogP) is 3.60. The van der Waals surface area contributed by atoms with Crippen LogP contribution in [-0.2, 0) is 23.0 Å². The van der Waals surface area contributed by atoms with Gasteiger partial charge in [-0.1, -0.05) is 34.5 Å². The Morgan fingerprint density at radius 1 is 1.45 bits per heavy atom. The second-order valence-electron chi connectivity index (χ2n) is 3.97. The Kier molecular flexibility index (Phi) is 5.19. The fraction of sp³-hybridized carbons (Fsp3) is 0.250. The van der Waals surface area contributed by atoms with Crippen LogP contribution in [-0.4, -0.2) is 13.4 Å². The molecular formula is C12H12BrClN2O2S2. The van der Waals surface area contributed by atoms with Crippen molar-refractivity contribution >= 4 is 48.9 Å². The number of sulfonamides is 1. The number of benzene rings is 1. The molecular weight excluding hydrogens is 384 g/mol. The van der Waals surface area contributed by atoms with Gasteiger partial charge in [-0.2, -0.15) is 0 Å². The van der Waals surface area contributed by atoms with E-state index in [0.717, 1.165) is 20.8 Å². The quantitative estimate of drug-likeness (QED) is 0.841. The summed E-state index contributed by atoms with van der Waals surface area (Å²) >= 11 is 10.7. The summed E-state index contributed by atoms with van der Waals surface area (Å²) in [6.45, 7) is 2.20. The van der Waals surface area contributed by atoms with Gasteiger partial charge in [0.05, 0.1) is 11.6 Å². The van der Waals surface area contributed by atoms with E-state index >= 15 is 0 Å². The molecule has 0 aliphatic heterocycles. The maximum absolute atomic E-state index is 12.2. The SMILES string of the molecule is CCc1cnc(CNS(=O)(=O)c2ccc(Br)cc2Cl)s1. The minimum atomic E-state index is -3.64. The van der Waals surface area contributed by atoms with Gasteiger partial charge in [0, 0.05) is 15.5 Å².